The van der Waals surface area contributed by atoms with E-state index in [0.717, 1.165) is 25.8 Å². The summed E-state index contributed by atoms with van der Waals surface area (Å²) in [5.41, 5.74) is 0. The van der Waals surface area contributed by atoms with E-state index in [1.807, 2.05) is 0 Å². The number of quaternary nitrogens is 1. The minimum Gasteiger partial charge on any atom is -0.550 e. The summed E-state index contributed by atoms with van der Waals surface area (Å²) in [6, 6.07) is 0. The van der Waals surface area contributed by atoms with E-state index in [1.54, 1.807) is 20.8 Å². The quantitative estimate of drug-likeness (QED) is 0.0467. The molecule has 3 atom stereocenters. The van der Waals surface area contributed by atoms with Crippen LogP contribution in [0.15, 0.2) is 12.2 Å². The largest absolute Gasteiger partial charge is 0.550 e. The third kappa shape index (κ3) is 23.2. The Labute approximate surface area is 264 Å². The summed E-state index contributed by atoms with van der Waals surface area (Å²) < 4.78 is 0.582. The summed E-state index contributed by atoms with van der Waals surface area (Å²) in [6.45, 7) is 9.97. The Balaban J connectivity index is 4.48. The molecule has 0 heterocycles. The van der Waals surface area contributed by atoms with E-state index in [2.05, 4.69) is 19.1 Å². The van der Waals surface area contributed by atoms with Crippen molar-refractivity contribution in [3.63, 3.8) is 0 Å². The lowest BCUT2D eigenvalue weighted by atomic mass is 10.0. The van der Waals surface area contributed by atoms with Crippen molar-refractivity contribution in [2.45, 2.75) is 156 Å². The Bertz CT molecular complexity index is 692. The van der Waals surface area contributed by atoms with Gasteiger partial charge >= 0.3 is 11.9 Å². The highest BCUT2D eigenvalue weighted by atomic mass is 16.4. The lowest BCUT2D eigenvalue weighted by molar-refractivity contribution is -0.929. The van der Waals surface area contributed by atoms with Gasteiger partial charge in [0.25, 0.3) is 0 Å². The van der Waals surface area contributed by atoms with Gasteiger partial charge in [-0.25, -0.2) is 0 Å². The molecule has 7 heteroatoms. The molecule has 0 aromatic rings. The lowest BCUT2D eigenvalue weighted by Gasteiger charge is -2.41. The molecule has 252 valence electrons. The highest BCUT2D eigenvalue weighted by molar-refractivity contribution is 5.69. The average Bonchev–Trinajstić information content (AvgIpc) is 2.97. The number of carbonyl (C=O) groups is 3. The van der Waals surface area contributed by atoms with E-state index in [0.29, 0.717) is 43.4 Å². The first-order valence-corrected chi connectivity index (χ1v) is 17.7. The van der Waals surface area contributed by atoms with Crippen LogP contribution in [0.2, 0.25) is 0 Å². The van der Waals surface area contributed by atoms with Gasteiger partial charge in [0, 0.05) is 31.1 Å². The molecule has 0 spiro atoms. The maximum absolute atomic E-state index is 11.5. The van der Waals surface area contributed by atoms with Crippen LogP contribution in [0.3, 0.4) is 0 Å². The molecule has 0 radical (unpaired) electrons. The van der Waals surface area contributed by atoms with Gasteiger partial charge < -0.3 is 24.6 Å². The molecule has 2 N–H and O–H groups in total. The summed E-state index contributed by atoms with van der Waals surface area (Å²) in [6.07, 6.45) is 27.6. The highest BCUT2D eigenvalue weighted by Gasteiger charge is 2.30. The van der Waals surface area contributed by atoms with Crippen LogP contribution in [0.1, 0.15) is 156 Å². The molecule has 0 aromatic heterocycles. The fourth-order valence-corrected chi connectivity index (χ4v) is 5.66. The number of hydrogen-bond donors (Lipinski definition) is 2. The molecule has 0 bridgehead atoms. The molecule has 0 aliphatic heterocycles. The molecular weight excluding hydrogens is 542 g/mol. The first kappa shape index (κ1) is 41.1. The van der Waals surface area contributed by atoms with Crippen LogP contribution >= 0.6 is 0 Å². The molecule has 0 aromatic carbocycles. The molecule has 0 aliphatic carbocycles. The van der Waals surface area contributed by atoms with E-state index < -0.39 is 35.7 Å². The molecule has 0 saturated carbocycles. The van der Waals surface area contributed by atoms with Gasteiger partial charge in [0.15, 0.2) is 0 Å². The van der Waals surface area contributed by atoms with E-state index in [1.165, 1.54) is 89.9 Å². The van der Waals surface area contributed by atoms with E-state index in [4.69, 9.17) is 0 Å². The van der Waals surface area contributed by atoms with Crippen molar-refractivity contribution >= 4 is 17.9 Å². The predicted octanol–water partition coefficient (Wildman–Crippen LogP) is 8.01. The Morgan fingerprint density at radius 2 is 0.907 bits per heavy atom. The first-order valence-electron chi connectivity index (χ1n) is 17.7. The molecule has 0 saturated heterocycles. The van der Waals surface area contributed by atoms with Crippen molar-refractivity contribution in [2.24, 2.45) is 17.8 Å². The van der Waals surface area contributed by atoms with Gasteiger partial charge in [-0.1, -0.05) is 110 Å². The van der Waals surface area contributed by atoms with Gasteiger partial charge in [0.2, 0.25) is 0 Å². The topological polar surface area (TPSA) is 115 Å². The van der Waals surface area contributed by atoms with Crippen molar-refractivity contribution in [3.8, 4) is 0 Å². The zero-order chi connectivity index (χ0) is 32.3. The van der Waals surface area contributed by atoms with Crippen molar-refractivity contribution in [3.05, 3.63) is 12.2 Å². The fraction of sp³-hybridized carbons (Fsp3) is 0.861. The molecule has 0 rings (SSSR count). The summed E-state index contributed by atoms with van der Waals surface area (Å²) in [4.78, 5) is 34.4. The number of rotatable bonds is 31. The van der Waals surface area contributed by atoms with Crippen LogP contribution in [-0.2, 0) is 14.4 Å². The predicted molar refractivity (Wildman–Crippen MR) is 175 cm³/mol. The molecule has 0 fully saturated rings. The van der Waals surface area contributed by atoms with Crippen LogP contribution < -0.4 is 5.11 Å². The second-order valence-corrected chi connectivity index (χ2v) is 13.3. The number of unbranched alkanes of at least 4 members (excludes halogenated alkanes) is 15. The molecule has 3 unspecified atom stereocenters. The van der Waals surface area contributed by atoms with Crippen LogP contribution in [0.4, 0.5) is 0 Å². The van der Waals surface area contributed by atoms with Gasteiger partial charge in [-0.15, -0.1) is 0 Å². The van der Waals surface area contributed by atoms with Crippen LogP contribution in [0.5, 0.6) is 0 Å². The van der Waals surface area contributed by atoms with Crippen LogP contribution in [0, 0.1) is 17.8 Å². The minimum atomic E-state index is -1.07. The SMILES string of the molecule is CCCCCCCCCC/C=C/CCCCCCCCC[N+](CCC(C)C(=O)[O-])(CCC(C)C(=O)O)CCC(C)C(=O)O. The zero-order valence-electron chi connectivity index (χ0n) is 28.3. The maximum atomic E-state index is 11.5. The zero-order valence-corrected chi connectivity index (χ0v) is 28.3. The normalized spacial score (nSPS) is 15.3. The van der Waals surface area contributed by atoms with Crippen molar-refractivity contribution in [1.82, 2.24) is 0 Å². The Morgan fingerprint density at radius 3 is 1.28 bits per heavy atom. The number of carboxylic acid groups (broad SMARTS) is 3. The number of allylic oxidation sites excluding steroid dienone is 2. The number of nitrogens with zero attached hydrogens (tertiary/aromatic N) is 1. The van der Waals surface area contributed by atoms with Gasteiger partial charge in [-0.2, -0.15) is 0 Å². The summed E-state index contributed by atoms with van der Waals surface area (Å²) >= 11 is 0. The summed E-state index contributed by atoms with van der Waals surface area (Å²) in [7, 11) is 0. The Kier molecular flexibility index (Phi) is 25.3. The molecule has 0 aliphatic rings. The highest BCUT2D eigenvalue weighted by Crippen LogP contribution is 2.22. The number of hydrogen-bond acceptors (Lipinski definition) is 4. The van der Waals surface area contributed by atoms with Gasteiger partial charge in [0.05, 0.1) is 38.0 Å². The summed E-state index contributed by atoms with van der Waals surface area (Å²) in [5, 5.41) is 30.3. The third-order valence-corrected chi connectivity index (χ3v) is 9.25. The Morgan fingerprint density at radius 1 is 0.558 bits per heavy atom. The molecule has 7 nitrogen and oxygen atoms in total. The van der Waals surface area contributed by atoms with Gasteiger partial charge in [-0.05, 0) is 38.5 Å². The first-order chi connectivity index (χ1) is 20.5. The third-order valence-electron chi connectivity index (χ3n) is 9.25. The van der Waals surface area contributed by atoms with E-state index in [9.17, 15) is 29.7 Å². The second-order valence-electron chi connectivity index (χ2n) is 13.3. The standard InChI is InChI=1S/C36H67NO6/c1-5-6-7-8-9-10-11-12-13-14-15-16-17-18-19-20-21-22-23-27-37(28-24-31(2)34(38)39,29-25-32(3)35(40)41)30-26-33(4)36(42)43/h14-15,31-33H,5-13,16-30H2,1-4H3,(H2-,38,39,40,41,42,43)/b15-14+. The average molecular weight is 610 g/mol. The van der Waals surface area contributed by atoms with Gasteiger partial charge in [0.1, 0.15) is 0 Å². The van der Waals surface area contributed by atoms with E-state index >= 15 is 0 Å². The number of aliphatic carboxylic acids is 3. The molecule has 0 amide bonds. The Hall–Kier alpha value is -1.89. The fourth-order valence-electron chi connectivity index (χ4n) is 5.66. The van der Waals surface area contributed by atoms with Crippen LogP contribution in [0.25, 0.3) is 0 Å². The molecule has 43 heavy (non-hydrogen) atoms. The number of carbonyl (C=O) groups excluding carboxylic acids is 1. The molecular formula is C36H67NO6. The maximum Gasteiger partial charge on any atom is 0.306 e. The van der Waals surface area contributed by atoms with Gasteiger partial charge in [-0.3, -0.25) is 9.59 Å². The van der Waals surface area contributed by atoms with Crippen LogP contribution in [-0.4, -0.2) is 58.8 Å². The van der Waals surface area contributed by atoms with Crippen molar-refractivity contribution in [2.75, 3.05) is 26.2 Å². The van der Waals surface area contributed by atoms with E-state index in [-0.39, 0.29) is 0 Å². The minimum absolute atomic E-state index is 0.443. The second kappa shape index (κ2) is 26.5. The van der Waals surface area contributed by atoms with Crippen molar-refractivity contribution in [1.29, 1.82) is 0 Å². The smallest absolute Gasteiger partial charge is 0.306 e. The lowest BCUT2D eigenvalue weighted by Crippen LogP contribution is -2.52. The van der Waals surface area contributed by atoms with Crippen molar-refractivity contribution < 1.29 is 34.2 Å². The number of carboxylic acids is 3. The summed E-state index contributed by atoms with van der Waals surface area (Å²) in [5.74, 6) is -4.32. The monoisotopic (exact) mass is 609 g/mol.